The molecular weight excluding hydrogens is 459 g/mol. The van der Waals surface area contributed by atoms with E-state index in [0.29, 0.717) is 28.0 Å². The van der Waals surface area contributed by atoms with Gasteiger partial charge in [0, 0.05) is 29.4 Å². The average molecular weight is 480 g/mol. The van der Waals surface area contributed by atoms with E-state index in [1.54, 1.807) is 29.1 Å². The van der Waals surface area contributed by atoms with Gasteiger partial charge in [-0.05, 0) is 47.9 Å². The molecule has 36 heavy (non-hydrogen) atoms. The van der Waals surface area contributed by atoms with Crippen LogP contribution in [0, 0.1) is 17.1 Å². The summed E-state index contributed by atoms with van der Waals surface area (Å²) in [6.45, 7) is 0. The maximum absolute atomic E-state index is 13.4. The molecule has 3 aromatic carbocycles. The Labute approximate surface area is 206 Å². The van der Waals surface area contributed by atoms with Crippen molar-refractivity contribution in [1.82, 2.24) is 14.8 Å². The first-order valence-corrected chi connectivity index (χ1v) is 11.2. The Kier molecular flexibility index (Phi) is 5.82. The maximum Gasteiger partial charge on any atom is 0.311 e. The highest BCUT2D eigenvalue weighted by atomic mass is 19.1. The predicted molar refractivity (Wildman–Crippen MR) is 133 cm³/mol. The van der Waals surface area contributed by atoms with Crippen LogP contribution < -0.4 is 4.74 Å². The van der Waals surface area contributed by atoms with E-state index in [-0.39, 0.29) is 6.42 Å². The van der Waals surface area contributed by atoms with Crippen LogP contribution in [0.15, 0.2) is 66.9 Å². The zero-order valence-electron chi connectivity index (χ0n) is 19.6. The molecule has 1 N–H and O–H groups in total. The van der Waals surface area contributed by atoms with E-state index in [9.17, 15) is 14.3 Å². The minimum absolute atomic E-state index is 0.142. The van der Waals surface area contributed by atoms with Crippen molar-refractivity contribution in [2.75, 3.05) is 7.11 Å². The Bertz CT molecular complexity index is 1650. The van der Waals surface area contributed by atoms with Crippen LogP contribution >= 0.6 is 0 Å². The SMILES string of the molecule is COc1cc2ncc3c(c(-c4ccc(C#N)cc4)nn3C)c2cc1CC(C(=O)O)c1ccc(F)cc1. The number of aliphatic carboxylic acids is 1. The van der Waals surface area contributed by atoms with Gasteiger partial charge in [0.05, 0.1) is 41.9 Å². The van der Waals surface area contributed by atoms with Crippen LogP contribution in [0.1, 0.15) is 22.6 Å². The van der Waals surface area contributed by atoms with E-state index in [1.165, 1.54) is 31.4 Å². The smallest absolute Gasteiger partial charge is 0.311 e. The molecule has 0 radical (unpaired) electrons. The van der Waals surface area contributed by atoms with Gasteiger partial charge in [0.15, 0.2) is 0 Å². The zero-order valence-corrected chi connectivity index (χ0v) is 19.6. The molecule has 0 bridgehead atoms. The third-order valence-corrected chi connectivity index (χ3v) is 6.37. The molecule has 2 aromatic heterocycles. The Hall–Kier alpha value is -4.77. The Morgan fingerprint density at radius 1 is 1.17 bits per heavy atom. The van der Waals surface area contributed by atoms with Gasteiger partial charge >= 0.3 is 5.97 Å². The predicted octanol–water partition coefficient (Wildman–Crippen LogP) is 5.22. The van der Waals surface area contributed by atoms with Crippen molar-refractivity contribution in [3.63, 3.8) is 0 Å². The molecule has 7 nitrogen and oxygen atoms in total. The van der Waals surface area contributed by atoms with Crippen molar-refractivity contribution in [1.29, 1.82) is 5.26 Å². The van der Waals surface area contributed by atoms with Gasteiger partial charge in [-0.2, -0.15) is 10.4 Å². The number of carboxylic acids is 1. The van der Waals surface area contributed by atoms with E-state index in [0.717, 1.165) is 27.5 Å². The summed E-state index contributed by atoms with van der Waals surface area (Å²) < 4.78 is 20.8. The molecule has 5 aromatic rings. The van der Waals surface area contributed by atoms with Crippen molar-refractivity contribution < 1.29 is 19.0 Å². The summed E-state index contributed by atoms with van der Waals surface area (Å²) in [5, 5.41) is 25.5. The van der Waals surface area contributed by atoms with Crippen LogP contribution in [0.5, 0.6) is 5.75 Å². The molecule has 2 heterocycles. The normalized spacial score (nSPS) is 11.9. The first-order valence-electron chi connectivity index (χ1n) is 11.2. The second-order valence-corrected chi connectivity index (χ2v) is 8.51. The fraction of sp³-hybridized carbons (Fsp3) is 0.143. The standard InChI is InChI=1S/C28H21FN4O3/c1-33-24-15-31-23-13-25(36-2)19(11-21(28(34)35)17-7-9-20(29)10-8-17)12-22(23)26(24)27(32-33)18-5-3-16(14-30)4-6-18/h3-10,12-13,15,21H,11H2,1-2H3,(H,34,35). The lowest BCUT2D eigenvalue weighted by Gasteiger charge is -2.16. The van der Waals surface area contributed by atoms with Gasteiger partial charge in [-0.25, -0.2) is 4.39 Å². The first kappa shape index (κ1) is 23.0. The quantitative estimate of drug-likeness (QED) is 0.358. The number of rotatable bonds is 6. The number of methoxy groups -OCH3 is 1. The zero-order chi connectivity index (χ0) is 25.4. The Balaban J connectivity index is 1.70. The number of hydrogen-bond donors (Lipinski definition) is 1. The van der Waals surface area contributed by atoms with Gasteiger partial charge in [0.25, 0.3) is 0 Å². The van der Waals surface area contributed by atoms with Crippen LogP contribution in [0.25, 0.3) is 33.1 Å². The van der Waals surface area contributed by atoms with Gasteiger partial charge in [-0.1, -0.05) is 24.3 Å². The number of nitriles is 1. The summed E-state index contributed by atoms with van der Waals surface area (Å²) in [6, 6.07) is 18.5. The first-order chi connectivity index (χ1) is 17.4. The highest BCUT2D eigenvalue weighted by Crippen LogP contribution is 2.37. The second-order valence-electron chi connectivity index (χ2n) is 8.51. The third-order valence-electron chi connectivity index (χ3n) is 6.37. The van der Waals surface area contributed by atoms with E-state index in [4.69, 9.17) is 15.1 Å². The minimum atomic E-state index is -1.01. The van der Waals surface area contributed by atoms with Crippen LogP contribution in [0.3, 0.4) is 0 Å². The molecule has 0 aliphatic carbocycles. The van der Waals surface area contributed by atoms with Crippen LogP contribution in [-0.4, -0.2) is 33.0 Å². The lowest BCUT2D eigenvalue weighted by Crippen LogP contribution is -2.15. The van der Waals surface area contributed by atoms with E-state index in [1.807, 2.05) is 25.2 Å². The van der Waals surface area contributed by atoms with Crippen molar-refractivity contribution in [2.45, 2.75) is 12.3 Å². The van der Waals surface area contributed by atoms with Gasteiger partial charge in [-0.15, -0.1) is 0 Å². The molecule has 0 spiro atoms. The Morgan fingerprint density at radius 2 is 1.89 bits per heavy atom. The highest BCUT2D eigenvalue weighted by molar-refractivity contribution is 6.11. The summed E-state index contributed by atoms with van der Waals surface area (Å²) in [4.78, 5) is 16.8. The summed E-state index contributed by atoms with van der Waals surface area (Å²) in [6.07, 6.45) is 1.89. The molecule has 178 valence electrons. The van der Waals surface area contributed by atoms with Crippen molar-refractivity contribution in [2.24, 2.45) is 7.05 Å². The lowest BCUT2D eigenvalue weighted by molar-refractivity contribution is -0.138. The molecule has 0 saturated carbocycles. The molecule has 0 aliphatic rings. The van der Waals surface area contributed by atoms with Crippen molar-refractivity contribution >= 4 is 27.8 Å². The summed E-state index contributed by atoms with van der Waals surface area (Å²) in [5.74, 6) is -1.81. The van der Waals surface area contributed by atoms with E-state index < -0.39 is 17.7 Å². The number of halogens is 1. The number of pyridine rings is 1. The van der Waals surface area contributed by atoms with Gasteiger partial charge in [0.2, 0.25) is 0 Å². The van der Waals surface area contributed by atoms with Crippen LogP contribution in [0.2, 0.25) is 0 Å². The van der Waals surface area contributed by atoms with Crippen LogP contribution in [0.4, 0.5) is 4.39 Å². The third kappa shape index (κ3) is 4.01. The number of nitrogens with zero attached hydrogens (tertiary/aromatic N) is 4. The largest absolute Gasteiger partial charge is 0.496 e. The van der Waals surface area contributed by atoms with E-state index in [2.05, 4.69) is 11.1 Å². The fourth-order valence-corrected chi connectivity index (χ4v) is 4.52. The molecule has 0 aliphatic heterocycles. The number of carbonyl (C=O) groups is 1. The molecule has 0 fully saturated rings. The molecule has 0 amide bonds. The summed E-state index contributed by atoms with van der Waals surface area (Å²) >= 11 is 0. The molecule has 1 atom stereocenters. The number of ether oxygens (including phenoxy) is 1. The van der Waals surface area contributed by atoms with E-state index >= 15 is 0 Å². The summed E-state index contributed by atoms with van der Waals surface area (Å²) in [7, 11) is 3.37. The summed E-state index contributed by atoms with van der Waals surface area (Å²) in [5.41, 5.74) is 4.81. The van der Waals surface area contributed by atoms with Crippen LogP contribution in [-0.2, 0) is 18.3 Å². The average Bonchev–Trinajstić information content (AvgIpc) is 3.24. The number of fused-ring (bicyclic) bond motifs is 3. The van der Waals surface area contributed by atoms with Gasteiger partial charge < -0.3 is 9.84 Å². The molecular formula is C28H21FN4O3. The molecule has 8 heteroatoms. The van der Waals surface area contributed by atoms with Crippen molar-refractivity contribution in [3.8, 4) is 23.1 Å². The Morgan fingerprint density at radius 3 is 2.53 bits per heavy atom. The number of carboxylic acid groups (broad SMARTS) is 1. The van der Waals surface area contributed by atoms with Gasteiger partial charge in [0.1, 0.15) is 17.3 Å². The van der Waals surface area contributed by atoms with Gasteiger partial charge in [-0.3, -0.25) is 14.5 Å². The highest BCUT2D eigenvalue weighted by Gasteiger charge is 2.24. The fourth-order valence-electron chi connectivity index (χ4n) is 4.52. The number of benzene rings is 3. The number of hydrogen-bond acceptors (Lipinski definition) is 5. The number of aryl methyl sites for hydroxylation is 1. The minimum Gasteiger partial charge on any atom is -0.496 e. The van der Waals surface area contributed by atoms with Crippen molar-refractivity contribution in [3.05, 3.63) is 89.4 Å². The topological polar surface area (TPSA) is 101 Å². The number of aromatic nitrogens is 3. The monoisotopic (exact) mass is 480 g/mol. The maximum atomic E-state index is 13.4. The lowest BCUT2D eigenvalue weighted by atomic mass is 9.90. The second kappa shape index (κ2) is 9.12. The molecule has 5 rings (SSSR count). The molecule has 0 saturated heterocycles. The molecule has 1 unspecified atom stereocenters.